The predicted molar refractivity (Wildman–Crippen MR) is 63.8 cm³/mol. The summed E-state index contributed by atoms with van der Waals surface area (Å²) in [5.74, 6) is 0. The molecule has 0 unspecified atom stereocenters. The Labute approximate surface area is 112 Å². The molecule has 1 aromatic heterocycles. The Morgan fingerprint density at radius 3 is 2.68 bits per heavy atom. The minimum Gasteiger partial charge on any atom is -0.389 e. The Morgan fingerprint density at radius 1 is 1.26 bits per heavy atom. The van der Waals surface area contributed by atoms with Crippen molar-refractivity contribution in [2.75, 3.05) is 13.1 Å². The molecule has 2 heterocycles. The van der Waals surface area contributed by atoms with Gasteiger partial charge in [0.15, 0.2) is 0 Å². The van der Waals surface area contributed by atoms with E-state index in [0.717, 1.165) is 17.8 Å². The molecule has 1 saturated heterocycles. The second kappa shape index (κ2) is 5.66. The van der Waals surface area contributed by atoms with Crippen LogP contribution < -0.4 is 5.32 Å². The number of nitrogens with zero attached hydrogens (tertiary/aromatic N) is 1. The van der Waals surface area contributed by atoms with Crippen LogP contribution in [0.15, 0.2) is 23.2 Å². The Balaban J connectivity index is 2.11. The van der Waals surface area contributed by atoms with Gasteiger partial charge in [0, 0.05) is 13.1 Å². The number of aromatic nitrogens is 1. The lowest BCUT2D eigenvalue weighted by Crippen LogP contribution is -2.52. The Morgan fingerprint density at radius 2 is 2.00 bits per heavy atom. The second-order valence-electron chi connectivity index (χ2n) is 4.23. The van der Waals surface area contributed by atoms with E-state index in [1.54, 1.807) is 0 Å². The summed E-state index contributed by atoms with van der Waals surface area (Å²) in [6.45, 7) is 0.676. The molecule has 0 spiro atoms. The van der Waals surface area contributed by atoms with Gasteiger partial charge in [0.2, 0.25) is 0 Å². The number of rotatable bonds is 2. The van der Waals surface area contributed by atoms with Crippen molar-refractivity contribution in [2.24, 2.45) is 0 Å². The molecular formula is C11H13F3N2O2S. The van der Waals surface area contributed by atoms with Gasteiger partial charge in [-0.3, -0.25) is 0 Å². The van der Waals surface area contributed by atoms with Gasteiger partial charge in [-0.2, -0.15) is 13.2 Å². The lowest BCUT2D eigenvalue weighted by atomic mass is 10.1. The molecule has 1 aliphatic rings. The Kier molecular flexibility index (Phi) is 4.34. The molecule has 1 aromatic rings. The number of piperidine rings is 1. The molecule has 1 fully saturated rings. The molecule has 3 N–H and O–H groups in total. The molecule has 1 aliphatic heterocycles. The highest BCUT2D eigenvalue weighted by Gasteiger charge is 2.34. The first-order valence-corrected chi connectivity index (χ1v) is 6.53. The third-order valence-corrected chi connectivity index (χ3v) is 3.98. The smallest absolute Gasteiger partial charge is 0.389 e. The van der Waals surface area contributed by atoms with E-state index in [2.05, 4.69) is 10.3 Å². The van der Waals surface area contributed by atoms with Gasteiger partial charge in [-0.05, 0) is 12.1 Å². The number of alkyl halides is 3. The summed E-state index contributed by atoms with van der Waals surface area (Å²) in [4.78, 5) is 3.52. The first-order chi connectivity index (χ1) is 8.88. The highest BCUT2D eigenvalue weighted by Crippen LogP contribution is 2.31. The molecule has 0 radical (unpaired) electrons. The molecule has 0 aliphatic carbocycles. The molecule has 19 heavy (non-hydrogen) atoms. The summed E-state index contributed by atoms with van der Waals surface area (Å²) < 4.78 is 37.5. The Hall–Kier alpha value is -0.830. The zero-order valence-corrected chi connectivity index (χ0v) is 10.6. The number of pyridine rings is 1. The van der Waals surface area contributed by atoms with Crippen molar-refractivity contribution in [3.63, 3.8) is 0 Å². The maximum absolute atomic E-state index is 12.5. The van der Waals surface area contributed by atoms with Gasteiger partial charge in [-0.15, -0.1) is 0 Å². The van der Waals surface area contributed by atoms with E-state index in [-0.39, 0.29) is 11.6 Å². The van der Waals surface area contributed by atoms with Gasteiger partial charge >= 0.3 is 6.18 Å². The van der Waals surface area contributed by atoms with Crippen molar-refractivity contribution in [2.45, 2.75) is 28.7 Å². The third kappa shape index (κ3) is 3.59. The monoisotopic (exact) mass is 294 g/mol. The lowest BCUT2D eigenvalue weighted by molar-refractivity contribution is -0.141. The highest BCUT2D eigenvalue weighted by atomic mass is 32.2. The van der Waals surface area contributed by atoms with Gasteiger partial charge in [-0.25, -0.2) is 4.98 Å². The van der Waals surface area contributed by atoms with Crippen molar-refractivity contribution in [1.29, 1.82) is 0 Å². The summed E-state index contributed by atoms with van der Waals surface area (Å²) in [5.41, 5.74) is -0.962. The van der Waals surface area contributed by atoms with Crippen molar-refractivity contribution in [3.8, 4) is 0 Å². The quantitative estimate of drug-likeness (QED) is 0.756. The average molecular weight is 294 g/mol. The van der Waals surface area contributed by atoms with Crippen molar-refractivity contribution >= 4 is 11.8 Å². The van der Waals surface area contributed by atoms with Crippen molar-refractivity contribution < 1.29 is 23.4 Å². The zero-order chi connectivity index (χ0) is 14.0. The maximum atomic E-state index is 12.5. The number of hydrogen-bond acceptors (Lipinski definition) is 5. The fraction of sp³-hybridized carbons (Fsp3) is 0.545. The van der Waals surface area contributed by atoms with Crippen LogP contribution in [0.2, 0.25) is 0 Å². The van der Waals surface area contributed by atoms with Crippen LogP contribution in [0.5, 0.6) is 0 Å². The summed E-state index contributed by atoms with van der Waals surface area (Å²) in [6, 6.07) is 3.62. The van der Waals surface area contributed by atoms with Crippen molar-refractivity contribution in [3.05, 3.63) is 23.9 Å². The maximum Gasteiger partial charge on any atom is 0.433 e. The first-order valence-electron chi connectivity index (χ1n) is 5.65. The third-order valence-electron chi connectivity index (χ3n) is 2.76. The van der Waals surface area contributed by atoms with Gasteiger partial charge in [0.1, 0.15) is 5.69 Å². The number of hydrogen-bond donors (Lipinski definition) is 3. The number of aliphatic hydroxyl groups is 2. The van der Waals surface area contributed by atoms with E-state index in [1.165, 1.54) is 12.1 Å². The largest absolute Gasteiger partial charge is 0.433 e. The van der Waals surface area contributed by atoms with Crippen LogP contribution in [0.1, 0.15) is 5.69 Å². The van der Waals surface area contributed by atoms with E-state index in [4.69, 9.17) is 0 Å². The van der Waals surface area contributed by atoms with Gasteiger partial charge in [-0.1, -0.05) is 17.8 Å². The normalized spacial score (nSPS) is 28.4. The topological polar surface area (TPSA) is 65.4 Å². The van der Waals surface area contributed by atoms with Crippen LogP contribution >= 0.6 is 11.8 Å². The predicted octanol–water partition coefficient (Wildman–Crippen LogP) is 0.886. The number of nitrogens with one attached hydrogen (secondary N) is 1. The molecule has 106 valence electrons. The summed E-state index contributed by atoms with van der Waals surface area (Å²) in [6.07, 6.45) is -6.39. The molecule has 0 saturated carbocycles. The average Bonchev–Trinajstić information content (AvgIpc) is 2.34. The molecular weight excluding hydrogens is 281 g/mol. The number of thioether (sulfide) groups is 1. The van der Waals surface area contributed by atoms with E-state index in [9.17, 15) is 23.4 Å². The molecule has 3 atom stereocenters. The van der Waals surface area contributed by atoms with E-state index in [0.29, 0.717) is 6.54 Å². The van der Waals surface area contributed by atoms with Gasteiger partial charge in [0.05, 0.1) is 22.5 Å². The fourth-order valence-corrected chi connectivity index (χ4v) is 2.91. The number of β-amino-alcohol motifs (C(OH)–C–C–N with tert-alkyl or cyclic N) is 1. The Bertz CT molecular complexity index is 444. The number of halogens is 3. The minimum atomic E-state index is -4.49. The summed E-state index contributed by atoms with van der Waals surface area (Å²) >= 11 is 1.02. The van der Waals surface area contributed by atoms with Crippen LogP contribution in [-0.2, 0) is 6.18 Å². The summed E-state index contributed by atoms with van der Waals surface area (Å²) in [7, 11) is 0. The SMILES string of the molecule is O[C@@H]1[C@@H](Sc2cccc(C(F)(F)F)n2)CNC[C@@H]1O. The first kappa shape index (κ1) is 14.6. The standard InChI is InChI=1S/C11H13F3N2O2S/c12-11(13,14)8-2-1-3-9(16-8)19-7-5-15-4-6(17)10(7)18/h1-3,6-7,10,15,17-18H,4-5H2/t6-,7-,10-/m0/s1. The van der Waals surface area contributed by atoms with Crippen LogP contribution in [0, 0.1) is 0 Å². The van der Waals surface area contributed by atoms with Crippen LogP contribution in [-0.4, -0.2) is 45.7 Å². The second-order valence-corrected chi connectivity index (χ2v) is 5.49. The fourth-order valence-electron chi connectivity index (χ4n) is 1.77. The summed E-state index contributed by atoms with van der Waals surface area (Å²) in [5, 5.41) is 21.9. The molecule has 8 heteroatoms. The molecule has 0 aromatic carbocycles. The van der Waals surface area contributed by atoms with Crippen molar-refractivity contribution in [1.82, 2.24) is 10.3 Å². The van der Waals surface area contributed by atoms with E-state index < -0.39 is 29.3 Å². The van der Waals surface area contributed by atoms with E-state index >= 15 is 0 Å². The lowest BCUT2D eigenvalue weighted by Gasteiger charge is -2.31. The van der Waals surface area contributed by atoms with Crippen LogP contribution in [0.3, 0.4) is 0 Å². The molecule has 2 rings (SSSR count). The zero-order valence-electron chi connectivity index (χ0n) is 9.76. The van der Waals surface area contributed by atoms with Crippen LogP contribution in [0.4, 0.5) is 13.2 Å². The number of aliphatic hydroxyl groups excluding tert-OH is 2. The molecule has 0 bridgehead atoms. The highest BCUT2D eigenvalue weighted by molar-refractivity contribution is 8.00. The molecule has 0 amide bonds. The van der Waals surface area contributed by atoms with Gasteiger partial charge in [0.25, 0.3) is 0 Å². The minimum absolute atomic E-state index is 0.176. The van der Waals surface area contributed by atoms with E-state index in [1.807, 2.05) is 0 Å². The molecule has 4 nitrogen and oxygen atoms in total. The van der Waals surface area contributed by atoms with Crippen LogP contribution in [0.25, 0.3) is 0 Å². The van der Waals surface area contributed by atoms with Gasteiger partial charge < -0.3 is 15.5 Å².